The first kappa shape index (κ1) is 25.5. The molecule has 3 aromatic rings. The monoisotopic (exact) mass is 499 g/mol. The topological polar surface area (TPSA) is 118 Å². The summed E-state index contributed by atoms with van der Waals surface area (Å²) in [5.74, 6) is 0. The van der Waals surface area contributed by atoms with Crippen molar-refractivity contribution in [2.45, 2.75) is 31.6 Å². The molecule has 0 radical (unpaired) electrons. The van der Waals surface area contributed by atoms with Crippen LogP contribution in [0.5, 0.6) is 0 Å². The fourth-order valence-electron chi connectivity index (χ4n) is 3.61. The highest BCUT2D eigenvalue weighted by Gasteiger charge is 2.15. The van der Waals surface area contributed by atoms with Gasteiger partial charge in [-0.25, -0.2) is 22.0 Å². The molecule has 0 aliphatic carbocycles. The average Bonchev–Trinajstić information content (AvgIpc) is 2.77. The fraction of sp³-hybridized carbons (Fsp3) is 0.200. The summed E-state index contributed by atoms with van der Waals surface area (Å²) in [7, 11) is -7.13. The number of sulfonamides is 2. The first-order chi connectivity index (χ1) is 16.0. The van der Waals surface area contributed by atoms with Crippen molar-refractivity contribution in [2.75, 3.05) is 16.3 Å². The van der Waals surface area contributed by atoms with Gasteiger partial charge in [-0.1, -0.05) is 42.5 Å². The number of nitrogens with one attached hydrogen (secondary N) is 2. The molecule has 7 nitrogen and oxygen atoms in total. The average molecular weight is 500 g/mol. The van der Waals surface area contributed by atoms with E-state index in [2.05, 4.69) is 10.0 Å². The zero-order valence-corrected chi connectivity index (χ0v) is 21.0. The molecule has 180 valence electrons. The molecule has 4 N–H and O–H groups in total. The van der Waals surface area contributed by atoms with Gasteiger partial charge >= 0.3 is 0 Å². The summed E-state index contributed by atoms with van der Waals surface area (Å²) in [4.78, 5) is 0.0991. The summed E-state index contributed by atoms with van der Waals surface area (Å²) in [5.41, 5.74) is 5.91. The lowest BCUT2D eigenvalue weighted by molar-refractivity contribution is 0.597. The standard InChI is InChI=1S/C25H29N3O4S2/c1-4-21(13-9-19-10-14-22(15-11-19)28-33(3,29)30)27-24-16-12-20(17-18(24)2)23-7-5-6-8-25(23)34(26,31)32/h4-8,10-12,14-17,27-28H,9,13H2,1-3H3,(H2,26,31,32)/b21-4-. The Bertz CT molecular complexity index is 1410. The minimum absolute atomic E-state index is 0.0991. The molecule has 0 atom stereocenters. The second-order valence-electron chi connectivity index (χ2n) is 8.08. The quantitative estimate of drug-likeness (QED) is 0.397. The third-order valence-corrected chi connectivity index (χ3v) is 6.89. The van der Waals surface area contributed by atoms with Crippen LogP contribution in [-0.4, -0.2) is 23.1 Å². The van der Waals surface area contributed by atoms with E-state index in [4.69, 9.17) is 5.14 Å². The van der Waals surface area contributed by atoms with Crippen LogP contribution < -0.4 is 15.2 Å². The van der Waals surface area contributed by atoms with E-state index in [1.54, 1.807) is 30.3 Å². The zero-order valence-electron chi connectivity index (χ0n) is 19.4. The van der Waals surface area contributed by atoms with E-state index in [0.29, 0.717) is 11.3 Å². The van der Waals surface area contributed by atoms with Gasteiger partial charge in [-0.2, -0.15) is 0 Å². The molecule has 9 heteroatoms. The van der Waals surface area contributed by atoms with Crippen molar-refractivity contribution in [3.63, 3.8) is 0 Å². The molecule has 3 rings (SSSR count). The van der Waals surface area contributed by atoms with Crippen LogP contribution in [0.4, 0.5) is 11.4 Å². The van der Waals surface area contributed by atoms with Crippen LogP contribution in [0.1, 0.15) is 24.5 Å². The molecule has 34 heavy (non-hydrogen) atoms. The van der Waals surface area contributed by atoms with E-state index in [-0.39, 0.29) is 4.90 Å². The minimum Gasteiger partial charge on any atom is -0.359 e. The zero-order chi connectivity index (χ0) is 24.9. The van der Waals surface area contributed by atoms with Gasteiger partial charge in [0, 0.05) is 22.6 Å². The van der Waals surface area contributed by atoms with E-state index in [1.165, 1.54) is 6.07 Å². The maximum absolute atomic E-state index is 12.0. The van der Waals surface area contributed by atoms with Crippen LogP contribution >= 0.6 is 0 Å². The Morgan fingerprint density at radius 2 is 1.65 bits per heavy atom. The Hall–Kier alpha value is -3.14. The number of hydrogen-bond acceptors (Lipinski definition) is 5. The van der Waals surface area contributed by atoms with Crippen molar-refractivity contribution >= 4 is 31.4 Å². The number of aryl methyl sites for hydroxylation is 2. The van der Waals surface area contributed by atoms with Gasteiger partial charge in [-0.15, -0.1) is 0 Å². The molecular weight excluding hydrogens is 470 g/mol. The van der Waals surface area contributed by atoms with Crippen molar-refractivity contribution in [1.29, 1.82) is 0 Å². The highest BCUT2D eigenvalue weighted by atomic mass is 32.2. The molecular formula is C25H29N3O4S2. The van der Waals surface area contributed by atoms with E-state index < -0.39 is 20.0 Å². The van der Waals surface area contributed by atoms with E-state index in [0.717, 1.165) is 47.2 Å². The molecule has 0 aliphatic heterocycles. The fourth-order valence-corrected chi connectivity index (χ4v) is 4.93. The number of nitrogens with two attached hydrogens (primary N) is 1. The summed E-state index contributed by atoms with van der Waals surface area (Å²) in [6, 6.07) is 19.8. The van der Waals surface area contributed by atoms with Crippen LogP contribution in [0.15, 0.2) is 83.4 Å². The predicted molar refractivity (Wildman–Crippen MR) is 139 cm³/mol. The van der Waals surface area contributed by atoms with Crippen LogP contribution in [0.2, 0.25) is 0 Å². The summed E-state index contributed by atoms with van der Waals surface area (Å²) in [6.07, 6.45) is 4.69. The van der Waals surface area contributed by atoms with E-state index in [9.17, 15) is 16.8 Å². The second-order valence-corrected chi connectivity index (χ2v) is 11.4. The molecule has 0 saturated heterocycles. The molecule has 0 spiro atoms. The highest BCUT2D eigenvalue weighted by molar-refractivity contribution is 7.92. The van der Waals surface area contributed by atoms with E-state index >= 15 is 0 Å². The molecule has 0 unspecified atom stereocenters. The number of primary sulfonamides is 1. The predicted octanol–water partition coefficient (Wildman–Crippen LogP) is 4.63. The van der Waals surface area contributed by atoms with Gasteiger partial charge in [0.15, 0.2) is 0 Å². The molecule has 0 fully saturated rings. The maximum Gasteiger partial charge on any atom is 0.238 e. The normalized spacial score (nSPS) is 12.4. The second kappa shape index (κ2) is 10.4. The number of allylic oxidation sites excluding steroid dienone is 2. The minimum atomic E-state index is -3.83. The number of rotatable bonds is 9. The number of hydrogen-bond donors (Lipinski definition) is 3. The van der Waals surface area contributed by atoms with Crippen molar-refractivity contribution in [2.24, 2.45) is 5.14 Å². The first-order valence-corrected chi connectivity index (χ1v) is 14.1. The molecule has 0 bridgehead atoms. The molecule has 0 aromatic heterocycles. The Morgan fingerprint density at radius 3 is 2.24 bits per heavy atom. The maximum atomic E-state index is 12.0. The summed E-state index contributed by atoms with van der Waals surface area (Å²) in [5, 5.41) is 8.85. The Balaban J connectivity index is 1.71. The number of anilines is 2. The lowest BCUT2D eigenvalue weighted by atomic mass is 10.0. The van der Waals surface area contributed by atoms with Crippen LogP contribution in [0, 0.1) is 6.92 Å². The molecule has 0 heterocycles. The molecule has 3 aromatic carbocycles. The van der Waals surface area contributed by atoms with Gasteiger partial charge in [0.1, 0.15) is 0 Å². The van der Waals surface area contributed by atoms with Gasteiger partial charge in [0.25, 0.3) is 0 Å². The van der Waals surface area contributed by atoms with Crippen molar-refractivity contribution in [3.8, 4) is 11.1 Å². The van der Waals surface area contributed by atoms with Crippen molar-refractivity contribution in [1.82, 2.24) is 0 Å². The van der Waals surface area contributed by atoms with Crippen molar-refractivity contribution in [3.05, 3.63) is 89.6 Å². The Kier molecular flexibility index (Phi) is 7.81. The summed E-state index contributed by atoms with van der Waals surface area (Å²) < 4.78 is 49.1. The molecule has 0 aliphatic rings. The van der Waals surface area contributed by atoms with E-state index in [1.807, 2.05) is 50.3 Å². The van der Waals surface area contributed by atoms with Crippen LogP contribution in [0.25, 0.3) is 11.1 Å². The summed E-state index contributed by atoms with van der Waals surface area (Å²) >= 11 is 0. The third-order valence-electron chi connectivity index (χ3n) is 5.31. The number of benzene rings is 3. The Labute approximate surface area is 201 Å². The molecule has 0 saturated carbocycles. The molecule has 0 amide bonds. The van der Waals surface area contributed by atoms with Crippen molar-refractivity contribution < 1.29 is 16.8 Å². The highest BCUT2D eigenvalue weighted by Crippen LogP contribution is 2.30. The van der Waals surface area contributed by atoms with Gasteiger partial charge in [-0.05, 0) is 73.7 Å². The van der Waals surface area contributed by atoms with Gasteiger partial charge in [0.2, 0.25) is 20.0 Å². The van der Waals surface area contributed by atoms with Crippen LogP contribution in [0.3, 0.4) is 0 Å². The lowest BCUT2D eigenvalue weighted by Crippen LogP contribution is -2.13. The lowest BCUT2D eigenvalue weighted by Gasteiger charge is -2.15. The smallest absolute Gasteiger partial charge is 0.238 e. The Morgan fingerprint density at radius 1 is 0.971 bits per heavy atom. The van der Waals surface area contributed by atoms with Gasteiger partial charge in [-0.3, -0.25) is 4.72 Å². The van der Waals surface area contributed by atoms with Gasteiger partial charge < -0.3 is 5.32 Å². The third kappa shape index (κ3) is 6.93. The van der Waals surface area contributed by atoms with Crippen LogP contribution in [-0.2, 0) is 26.5 Å². The summed E-state index contributed by atoms with van der Waals surface area (Å²) in [6.45, 7) is 3.93. The van der Waals surface area contributed by atoms with Gasteiger partial charge in [0.05, 0.1) is 11.2 Å². The largest absolute Gasteiger partial charge is 0.359 e. The SMILES string of the molecule is C/C=C(/CCc1ccc(NS(C)(=O)=O)cc1)Nc1ccc(-c2ccccc2S(N)(=O)=O)cc1C. The first-order valence-electron chi connectivity index (χ1n) is 10.7.